The van der Waals surface area contributed by atoms with Crippen molar-refractivity contribution in [2.75, 3.05) is 65.8 Å². The van der Waals surface area contributed by atoms with Crippen molar-refractivity contribution in [2.45, 2.75) is 140 Å². The van der Waals surface area contributed by atoms with Gasteiger partial charge in [0.15, 0.2) is 0 Å². The summed E-state index contributed by atoms with van der Waals surface area (Å²) in [6.07, 6.45) is 5.47. The molecule has 0 saturated heterocycles. The minimum atomic E-state index is -0.0466. The lowest BCUT2D eigenvalue weighted by Crippen LogP contribution is -2.22. The van der Waals surface area contributed by atoms with Crippen LogP contribution in [-0.4, -0.2) is 140 Å². The zero-order valence-electron chi connectivity index (χ0n) is 69.5. The highest BCUT2D eigenvalue weighted by Gasteiger charge is 2.23. The first kappa shape index (κ1) is 86.8. The molecule has 6 aromatic carbocycles. The molecule has 120 heavy (non-hydrogen) atoms. The number of H-pyrrole nitrogens is 5. The average Bonchev–Trinajstić information content (AvgIpc) is 1.55. The van der Waals surface area contributed by atoms with Crippen molar-refractivity contribution in [2.24, 2.45) is 46.1 Å². The number of hydrogen-bond donors (Lipinski definition) is 12. The van der Waals surface area contributed by atoms with Gasteiger partial charge in [-0.15, -0.1) is 0 Å². The molecule has 0 spiro atoms. The van der Waals surface area contributed by atoms with Gasteiger partial charge in [-0.25, -0.2) is 0 Å². The second-order valence-electron chi connectivity index (χ2n) is 29.9. The van der Waals surface area contributed by atoms with Crippen molar-refractivity contribution >= 4 is 109 Å². The molecule has 10 aromatic heterocycles. The molecule has 0 aliphatic heterocycles. The van der Waals surface area contributed by atoms with Gasteiger partial charge in [0.1, 0.15) is 69.7 Å². The van der Waals surface area contributed by atoms with Crippen molar-refractivity contribution in [1.82, 2.24) is 73.8 Å². The van der Waals surface area contributed by atoms with Crippen molar-refractivity contribution < 1.29 is 23.7 Å². The molecule has 19 N–H and O–H groups in total. The van der Waals surface area contributed by atoms with E-state index in [1.54, 1.807) is 28.9 Å². The molecule has 0 amide bonds. The molecule has 0 radical (unpaired) electrons. The van der Waals surface area contributed by atoms with E-state index in [0.717, 1.165) is 156 Å². The summed E-state index contributed by atoms with van der Waals surface area (Å²) in [6, 6.07) is 38.7. The third-order valence-electron chi connectivity index (χ3n) is 20.7. The van der Waals surface area contributed by atoms with Crippen molar-refractivity contribution in [3.63, 3.8) is 0 Å². The van der Waals surface area contributed by atoms with E-state index in [-0.39, 0.29) is 34.5 Å². The van der Waals surface area contributed by atoms with Gasteiger partial charge in [-0.3, -0.25) is 55.2 Å². The minimum absolute atomic E-state index is 0.0190. The molecule has 32 heteroatoms. The Bertz CT molecular complexity index is 6580. The summed E-state index contributed by atoms with van der Waals surface area (Å²) in [5, 5.41) is 43.9. The summed E-state index contributed by atoms with van der Waals surface area (Å²) in [6.45, 7) is 24.3. The average molecular weight is 1640 g/mol. The smallest absolute Gasteiger partial charge is 0.262 e. The predicted octanol–water partition coefficient (Wildman–Crippen LogP) is 10.1. The number of benzene rings is 6. The summed E-state index contributed by atoms with van der Waals surface area (Å²) in [4.78, 5) is 64.2. The highest BCUT2D eigenvalue weighted by molar-refractivity contribution is 6.08. The zero-order chi connectivity index (χ0) is 85.3. The molecule has 0 bridgehead atoms. The Morgan fingerprint density at radius 2 is 0.600 bits per heavy atom. The van der Waals surface area contributed by atoms with Gasteiger partial charge in [0.2, 0.25) is 0 Å². The number of aromatic amines is 5. The number of nitrogens with zero attached hydrogens (tertiary/aromatic N) is 10. The molecule has 10 heterocycles. The Morgan fingerprint density at radius 3 is 0.867 bits per heavy atom. The fourth-order valence-corrected chi connectivity index (χ4v) is 14.8. The van der Waals surface area contributed by atoms with E-state index in [0.29, 0.717) is 165 Å². The van der Waals surface area contributed by atoms with Crippen LogP contribution in [-0.2, 0) is 39.3 Å². The summed E-state index contributed by atoms with van der Waals surface area (Å²) in [5.41, 5.74) is 51.5. The fraction of sp³-hybridized carbons (Fsp3) is 0.364. The molecular formula is C88H110N22O10. The molecule has 16 aromatic rings. The van der Waals surface area contributed by atoms with Gasteiger partial charge in [0.05, 0.1) is 74.3 Å². The van der Waals surface area contributed by atoms with Gasteiger partial charge in [0, 0.05) is 88.1 Å². The minimum Gasteiger partial charge on any atom is -0.494 e. The number of rotatable bonds is 30. The predicted molar refractivity (Wildman–Crippen MR) is 477 cm³/mol. The van der Waals surface area contributed by atoms with Gasteiger partial charge in [-0.1, -0.05) is 51.1 Å². The van der Waals surface area contributed by atoms with E-state index in [1.165, 1.54) is 0 Å². The van der Waals surface area contributed by atoms with E-state index in [1.807, 2.05) is 150 Å². The van der Waals surface area contributed by atoms with Crippen LogP contribution in [0.4, 0.5) is 0 Å². The second-order valence-corrected chi connectivity index (χ2v) is 29.9. The number of pyridine rings is 5. The van der Waals surface area contributed by atoms with Crippen molar-refractivity contribution in [3.8, 4) is 28.7 Å². The largest absolute Gasteiger partial charge is 0.494 e. The van der Waals surface area contributed by atoms with E-state index in [4.69, 9.17) is 63.8 Å². The molecule has 0 saturated carbocycles. The first-order valence-corrected chi connectivity index (χ1v) is 40.9. The molecule has 632 valence electrons. The molecule has 0 fully saturated rings. The number of hydrogen-bond acceptors (Lipinski definition) is 22. The summed E-state index contributed by atoms with van der Waals surface area (Å²) < 4.78 is 37.5. The maximum Gasteiger partial charge on any atom is 0.262 e. The van der Waals surface area contributed by atoms with Gasteiger partial charge in [0.25, 0.3) is 27.8 Å². The number of nitrogens with two attached hydrogens (primary N) is 7. The van der Waals surface area contributed by atoms with E-state index in [2.05, 4.69) is 71.8 Å². The Kier molecular flexibility index (Phi) is 29.1. The van der Waals surface area contributed by atoms with Crippen LogP contribution in [0.5, 0.6) is 28.7 Å². The monoisotopic (exact) mass is 1630 g/mol. The van der Waals surface area contributed by atoms with Crippen molar-refractivity contribution in [3.05, 3.63) is 207 Å². The van der Waals surface area contributed by atoms with E-state index in [9.17, 15) is 24.0 Å². The van der Waals surface area contributed by atoms with Crippen LogP contribution in [0.3, 0.4) is 0 Å². The Hall–Kier alpha value is -12.6. The van der Waals surface area contributed by atoms with Crippen LogP contribution >= 0.6 is 0 Å². The number of ether oxygens (including phenoxy) is 5. The van der Waals surface area contributed by atoms with Crippen molar-refractivity contribution in [1.29, 1.82) is 0 Å². The van der Waals surface area contributed by atoms with Gasteiger partial charge in [-0.05, 0) is 221 Å². The van der Waals surface area contributed by atoms with Crippen LogP contribution in [0.25, 0.3) is 109 Å². The highest BCUT2D eigenvalue weighted by Crippen LogP contribution is 2.33. The third-order valence-corrected chi connectivity index (χ3v) is 20.7. The highest BCUT2D eigenvalue weighted by atomic mass is 16.5. The van der Waals surface area contributed by atoms with Crippen LogP contribution in [0.1, 0.15) is 99.8 Å². The normalized spacial score (nSPS) is 11.5. The Labute approximate surface area is 690 Å². The maximum absolute atomic E-state index is 13.0. The Balaban J connectivity index is 0.000000138. The number of aryl methyl sites for hydroxylation is 10. The topological polar surface area (TPSA) is 482 Å². The molecule has 0 unspecified atom stereocenters. The van der Waals surface area contributed by atoms with Gasteiger partial charge in [-0.2, -0.15) is 25.5 Å². The molecule has 0 aliphatic carbocycles. The first-order valence-electron chi connectivity index (χ1n) is 40.9. The molecular weight excluding hydrogens is 1530 g/mol. The van der Waals surface area contributed by atoms with Crippen LogP contribution in [0.2, 0.25) is 0 Å². The number of aromatic nitrogens is 15. The lowest BCUT2D eigenvalue weighted by atomic mass is 10.1. The quantitative estimate of drug-likeness (QED) is 0.0147. The second kappa shape index (κ2) is 40.3. The third kappa shape index (κ3) is 18.8. The van der Waals surface area contributed by atoms with Crippen LogP contribution in [0.15, 0.2) is 145 Å². The zero-order valence-corrected chi connectivity index (χ0v) is 69.5. The molecule has 16 rings (SSSR count). The van der Waals surface area contributed by atoms with E-state index < -0.39 is 0 Å². The van der Waals surface area contributed by atoms with Gasteiger partial charge < -0.3 is 80.9 Å². The van der Waals surface area contributed by atoms with E-state index >= 15 is 0 Å². The molecule has 0 atom stereocenters. The fourth-order valence-electron chi connectivity index (χ4n) is 14.8. The SMILES string of the molecule is CCCOc1ccc2c(c1)c1n[nH]c(C)c1c(=O)n2CCCN.Cc1[nH]nc2c1c(=O)n(CCCN)c1ccc(OCC(C)C)cc21.Cc1[nH]nc2c1c(=O)n(CCCN)c1ccc(OCCCN)cc21.Cc1[nH]nc2c1c(=O)n(CCCN)c1ccc(OCN)cc21.Cc1[nH]nc2c1c(=O)n(CCCN)c1ccc(OCc3ccccc3)cc21. The number of nitrogens with one attached hydrogen (secondary N) is 5. The Morgan fingerprint density at radius 1 is 0.333 bits per heavy atom. The molecule has 0 aliphatic rings. The molecule has 32 nitrogen and oxygen atoms in total. The van der Waals surface area contributed by atoms with Crippen LogP contribution in [0, 0.1) is 40.5 Å². The number of fused-ring (bicyclic) bond motifs is 15. The maximum atomic E-state index is 13.0. The summed E-state index contributed by atoms with van der Waals surface area (Å²) >= 11 is 0. The van der Waals surface area contributed by atoms with Crippen LogP contribution < -0.4 is 91.6 Å². The lowest BCUT2D eigenvalue weighted by Gasteiger charge is -2.13. The summed E-state index contributed by atoms with van der Waals surface area (Å²) in [5.74, 6) is 4.19. The first-order chi connectivity index (χ1) is 58.2. The standard InChI is InChI=1S/C21H22N4O2.C18H24N4O2.C17H23N5O2.C17H22N4O2.C15H19N5O2/c1-14-19-20(24-23-14)17-12-16(27-13-15-6-3-2-4-7-15)8-9-18(17)25(21(19)26)11-5-10-22;1-11(2)10-24-13-5-6-15-14(9-13)17-16(12(3)20-21-17)18(23)22(15)8-4-7-19;1-11-15-16(21-20-11)13-10-12(24-9-3-7-19)4-5-14(13)22(17(15)23)8-2-6-18;1-3-9-23-12-5-6-14-13(10-12)16-15(11(2)19-20-16)17(22)21(14)8-4-7-18;1-9-13-14(19-18-9)11-7-10(22-8-17)3-4-12(11)20(15(13)21)6-2-5-16/h2-4,6-9,12H,5,10-11,13,22H2,1H3,(H,23,24);5-6,9,11H,4,7-8,10,19H2,1-3H3,(H,20,21);4-5,10H,2-3,6-9,18-19H2,1H3,(H,20,21);5-6,10H,3-4,7-9,18H2,1-2H3,(H,19,20);3-4,7H,2,5-6,8,16-17H2,1H3,(H,18,19). The van der Waals surface area contributed by atoms with Gasteiger partial charge >= 0.3 is 0 Å². The summed E-state index contributed by atoms with van der Waals surface area (Å²) in [7, 11) is 0. The lowest BCUT2D eigenvalue weighted by molar-refractivity contribution is 0.271.